The van der Waals surface area contributed by atoms with Crippen molar-refractivity contribution >= 4 is 0 Å². The van der Waals surface area contributed by atoms with E-state index >= 15 is 0 Å². The van der Waals surface area contributed by atoms with Crippen molar-refractivity contribution in [3.05, 3.63) is 35.4 Å². The molecule has 110 valence electrons. The minimum absolute atomic E-state index is 0.119. The first-order valence-electron chi connectivity index (χ1n) is 8.33. The molecule has 1 fully saturated rings. The van der Waals surface area contributed by atoms with Crippen molar-refractivity contribution < 1.29 is 0 Å². The Morgan fingerprint density at radius 3 is 2.70 bits per heavy atom. The summed E-state index contributed by atoms with van der Waals surface area (Å²) in [6.45, 7) is 5.55. The lowest BCUT2D eigenvalue weighted by Crippen LogP contribution is -2.55. The van der Waals surface area contributed by atoms with Gasteiger partial charge in [0.25, 0.3) is 0 Å². The van der Waals surface area contributed by atoms with Gasteiger partial charge in [0.2, 0.25) is 0 Å². The monoisotopic (exact) mass is 272 g/mol. The largest absolute Gasteiger partial charge is 0.328 e. The van der Waals surface area contributed by atoms with Gasteiger partial charge in [-0.1, -0.05) is 37.6 Å². The van der Waals surface area contributed by atoms with Gasteiger partial charge in [-0.25, -0.2) is 0 Å². The van der Waals surface area contributed by atoms with Gasteiger partial charge >= 0.3 is 0 Å². The second-order valence-electron chi connectivity index (χ2n) is 6.59. The van der Waals surface area contributed by atoms with Crippen LogP contribution in [-0.4, -0.2) is 24.5 Å². The third kappa shape index (κ3) is 2.29. The number of piperidine rings is 1. The van der Waals surface area contributed by atoms with Gasteiger partial charge in [0.15, 0.2) is 0 Å². The lowest BCUT2D eigenvalue weighted by Gasteiger charge is -2.49. The highest BCUT2D eigenvalue weighted by Gasteiger charge is 2.41. The maximum absolute atomic E-state index is 6.31. The summed E-state index contributed by atoms with van der Waals surface area (Å²) in [4.78, 5) is 2.71. The fourth-order valence-electron chi connectivity index (χ4n) is 4.34. The zero-order valence-corrected chi connectivity index (χ0v) is 12.8. The number of fused-ring (bicyclic) bond motifs is 1. The first-order chi connectivity index (χ1) is 9.80. The molecule has 0 saturated carbocycles. The van der Waals surface area contributed by atoms with Gasteiger partial charge in [-0.2, -0.15) is 0 Å². The van der Waals surface area contributed by atoms with E-state index in [2.05, 4.69) is 36.1 Å². The zero-order chi connectivity index (χ0) is 14.0. The van der Waals surface area contributed by atoms with E-state index in [1.165, 1.54) is 62.7 Å². The third-order valence-electron chi connectivity index (χ3n) is 5.69. The predicted octanol–water partition coefficient (Wildman–Crippen LogP) is 3.30. The number of rotatable bonds is 3. The predicted molar refractivity (Wildman–Crippen MR) is 84.7 cm³/mol. The molecule has 0 bridgehead atoms. The first-order valence-corrected chi connectivity index (χ1v) is 8.33. The third-order valence-corrected chi connectivity index (χ3v) is 5.69. The molecule has 0 aromatic heterocycles. The molecule has 1 aromatic rings. The highest BCUT2D eigenvalue weighted by Crippen LogP contribution is 2.41. The quantitative estimate of drug-likeness (QED) is 0.915. The van der Waals surface area contributed by atoms with Crippen LogP contribution in [0.5, 0.6) is 0 Å². The van der Waals surface area contributed by atoms with Gasteiger partial charge in [0.1, 0.15) is 0 Å². The van der Waals surface area contributed by atoms with Crippen molar-refractivity contribution in [2.45, 2.75) is 51.0 Å². The topological polar surface area (TPSA) is 29.3 Å². The molecule has 1 unspecified atom stereocenters. The lowest BCUT2D eigenvalue weighted by molar-refractivity contribution is 0.0381. The van der Waals surface area contributed by atoms with Crippen molar-refractivity contribution in [3.63, 3.8) is 0 Å². The molecule has 20 heavy (non-hydrogen) atoms. The van der Waals surface area contributed by atoms with Crippen LogP contribution in [0.25, 0.3) is 0 Å². The number of hydrogen-bond acceptors (Lipinski definition) is 2. The van der Waals surface area contributed by atoms with Gasteiger partial charge in [-0.3, -0.25) is 4.90 Å². The summed E-state index contributed by atoms with van der Waals surface area (Å²) < 4.78 is 0. The molecule has 2 aliphatic rings. The summed E-state index contributed by atoms with van der Waals surface area (Å²) in [5, 5.41) is 0. The molecule has 0 amide bonds. The van der Waals surface area contributed by atoms with Crippen LogP contribution < -0.4 is 5.73 Å². The number of nitrogens with zero attached hydrogens (tertiary/aromatic N) is 1. The Labute approximate surface area is 123 Å². The van der Waals surface area contributed by atoms with E-state index in [9.17, 15) is 0 Å². The molecule has 1 saturated heterocycles. The Balaban J connectivity index is 1.89. The molecule has 0 radical (unpaired) electrons. The first kappa shape index (κ1) is 14.1. The molecule has 1 aliphatic carbocycles. The fourth-order valence-corrected chi connectivity index (χ4v) is 4.34. The van der Waals surface area contributed by atoms with Crippen molar-refractivity contribution in [2.24, 2.45) is 11.7 Å². The van der Waals surface area contributed by atoms with E-state index in [4.69, 9.17) is 5.73 Å². The maximum atomic E-state index is 6.31. The summed E-state index contributed by atoms with van der Waals surface area (Å²) in [7, 11) is 0. The SMILES string of the molecule is CCC1CCN(C2(CN)CCCc3ccccc32)CC1. The normalized spacial score (nSPS) is 28.3. The molecule has 3 rings (SSSR count). The molecule has 1 aromatic carbocycles. The average Bonchev–Trinajstić information content (AvgIpc) is 2.54. The van der Waals surface area contributed by atoms with Crippen LogP contribution in [-0.2, 0) is 12.0 Å². The van der Waals surface area contributed by atoms with E-state index < -0.39 is 0 Å². The van der Waals surface area contributed by atoms with E-state index in [0.717, 1.165) is 12.5 Å². The Hall–Kier alpha value is -0.860. The average molecular weight is 272 g/mol. The fraction of sp³-hybridized carbons (Fsp3) is 0.667. The highest BCUT2D eigenvalue weighted by molar-refractivity contribution is 5.37. The molecule has 2 nitrogen and oxygen atoms in total. The molecule has 1 atom stereocenters. The van der Waals surface area contributed by atoms with Crippen LogP contribution in [0.4, 0.5) is 0 Å². The molecule has 1 aliphatic heterocycles. The number of aryl methyl sites for hydroxylation is 1. The Bertz CT molecular complexity index is 448. The summed E-state index contributed by atoms with van der Waals surface area (Å²) in [5.41, 5.74) is 9.47. The van der Waals surface area contributed by atoms with Crippen LogP contribution >= 0.6 is 0 Å². The van der Waals surface area contributed by atoms with Gasteiger partial charge in [0, 0.05) is 6.54 Å². The zero-order valence-electron chi connectivity index (χ0n) is 12.8. The van der Waals surface area contributed by atoms with E-state index in [1.54, 1.807) is 0 Å². The summed E-state index contributed by atoms with van der Waals surface area (Å²) in [6, 6.07) is 8.99. The highest BCUT2D eigenvalue weighted by atomic mass is 15.2. The second kappa shape index (κ2) is 5.87. The van der Waals surface area contributed by atoms with E-state index in [1.807, 2.05) is 0 Å². The Morgan fingerprint density at radius 2 is 2.00 bits per heavy atom. The van der Waals surface area contributed by atoms with Gasteiger partial charge < -0.3 is 5.73 Å². The minimum atomic E-state index is 0.119. The molecule has 2 N–H and O–H groups in total. The second-order valence-corrected chi connectivity index (χ2v) is 6.59. The van der Waals surface area contributed by atoms with Crippen LogP contribution in [0.15, 0.2) is 24.3 Å². The minimum Gasteiger partial charge on any atom is -0.328 e. The van der Waals surface area contributed by atoms with Crippen LogP contribution in [0.1, 0.15) is 50.2 Å². The number of benzene rings is 1. The van der Waals surface area contributed by atoms with Crippen molar-refractivity contribution in [1.29, 1.82) is 0 Å². The van der Waals surface area contributed by atoms with E-state index in [0.29, 0.717) is 0 Å². The molecule has 0 spiro atoms. The summed E-state index contributed by atoms with van der Waals surface area (Å²) in [5.74, 6) is 0.930. The molecular formula is C18H28N2. The van der Waals surface area contributed by atoms with Gasteiger partial charge in [0.05, 0.1) is 5.54 Å². The number of nitrogens with two attached hydrogens (primary N) is 1. The van der Waals surface area contributed by atoms with Crippen LogP contribution in [0, 0.1) is 5.92 Å². The van der Waals surface area contributed by atoms with Crippen LogP contribution in [0.2, 0.25) is 0 Å². The number of hydrogen-bond donors (Lipinski definition) is 1. The standard InChI is InChI=1S/C18H28N2/c1-2-15-9-12-20(13-10-15)18(14-19)11-5-7-16-6-3-4-8-17(16)18/h3-4,6,8,15H,2,5,7,9-14,19H2,1H3. The van der Waals surface area contributed by atoms with Gasteiger partial charge in [-0.15, -0.1) is 0 Å². The Kier molecular flexibility index (Phi) is 4.13. The lowest BCUT2D eigenvalue weighted by atomic mass is 9.74. The van der Waals surface area contributed by atoms with E-state index in [-0.39, 0.29) is 5.54 Å². The smallest absolute Gasteiger partial charge is 0.0586 e. The molecule has 2 heteroatoms. The maximum Gasteiger partial charge on any atom is 0.0586 e. The van der Waals surface area contributed by atoms with Crippen molar-refractivity contribution in [1.82, 2.24) is 4.90 Å². The number of likely N-dealkylation sites (tertiary alicyclic amines) is 1. The van der Waals surface area contributed by atoms with Crippen molar-refractivity contribution in [2.75, 3.05) is 19.6 Å². The van der Waals surface area contributed by atoms with Gasteiger partial charge in [-0.05, 0) is 62.2 Å². The van der Waals surface area contributed by atoms with Crippen molar-refractivity contribution in [3.8, 4) is 0 Å². The molecule has 1 heterocycles. The molecular weight excluding hydrogens is 244 g/mol. The van der Waals surface area contributed by atoms with Crippen LogP contribution in [0.3, 0.4) is 0 Å². The summed E-state index contributed by atoms with van der Waals surface area (Å²) >= 11 is 0. The summed E-state index contributed by atoms with van der Waals surface area (Å²) in [6.07, 6.45) is 7.77. The Morgan fingerprint density at radius 1 is 1.25 bits per heavy atom.